The third-order valence-electron chi connectivity index (χ3n) is 7.01. The molecule has 1 unspecified atom stereocenters. The predicted molar refractivity (Wildman–Crippen MR) is 155 cm³/mol. The second-order valence-electron chi connectivity index (χ2n) is 10.0. The van der Waals surface area contributed by atoms with Gasteiger partial charge in [-0.15, -0.1) is 0 Å². The molecular weight excluding hydrogens is 514 g/mol. The van der Waals surface area contributed by atoms with Crippen molar-refractivity contribution in [2.24, 2.45) is 0 Å². The van der Waals surface area contributed by atoms with Crippen molar-refractivity contribution in [1.29, 1.82) is 5.26 Å². The zero-order valence-corrected chi connectivity index (χ0v) is 23.0. The molecule has 0 radical (unpaired) electrons. The lowest BCUT2D eigenvalue weighted by atomic mass is 9.94. The molecule has 1 heterocycles. The molecule has 0 aromatic heterocycles. The molecule has 5 atom stereocenters. The minimum atomic E-state index is -0.860. The first-order chi connectivity index (χ1) is 20.3. The fourth-order valence-corrected chi connectivity index (χ4v) is 4.89. The predicted octanol–water partition coefficient (Wildman–Crippen LogP) is 6.25. The minimum absolute atomic E-state index is 0.239. The molecule has 41 heavy (non-hydrogen) atoms. The molecule has 5 rings (SSSR count). The second kappa shape index (κ2) is 15.2. The number of ether oxygens (including phenoxy) is 5. The van der Waals surface area contributed by atoms with E-state index in [2.05, 4.69) is 6.07 Å². The number of nitriles is 1. The van der Waals surface area contributed by atoms with E-state index in [1.165, 1.54) is 0 Å². The Kier molecular flexibility index (Phi) is 10.7. The molecule has 0 spiro atoms. The van der Waals surface area contributed by atoms with Gasteiger partial charge >= 0.3 is 0 Å². The minimum Gasteiger partial charge on any atom is -0.374 e. The molecular formula is C35H35NO5. The first-order valence-corrected chi connectivity index (χ1v) is 13.9. The summed E-state index contributed by atoms with van der Waals surface area (Å²) < 4.78 is 31.9. The van der Waals surface area contributed by atoms with Crippen molar-refractivity contribution in [2.75, 3.05) is 6.61 Å². The molecule has 4 aromatic carbocycles. The number of hydrogen-bond acceptors (Lipinski definition) is 6. The Hall–Kier alpha value is -3.83. The highest BCUT2D eigenvalue weighted by atomic mass is 16.6. The van der Waals surface area contributed by atoms with Gasteiger partial charge < -0.3 is 23.7 Å². The molecule has 1 aliphatic rings. The Balaban J connectivity index is 1.39. The molecule has 4 aromatic rings. The maximum Gasteiger partial charge on any atom is 0.173 e. The number of rotatable bonds is 13. The van der Waals surface area contributed by atoms with Gasteiger partial charge in [0.2, 0.25) is 0 Å². The lowest BCUT2D eigenvalue weighted by Crippen LogP contribution is -2.60. The molecule has 6 heteroatoms. The summed E-state index contributed by atoms with van der Waals surface area (Å²) >= 11 is 0. The summed E-state index contributed by atoms with van der Waals surface area (Å²) in [5.74, 6) is 0. The lowest BCUT2D eigenvalue weighted by molar-refractivity contribution is -0.261. The average molecular weight is 550 g/mol. The quantitative estimate of drug-likeness (QED) is 0.196. The van der Waals surface area contributed by atoms with E-state index in [0.29, 0.717) is 26.4 Å². The zero-order valence-electron chi connectivity index (χ0n) is 23.0. The summed E-state index contributed by atoms with van der Waals surface area (Å²) in [6.07, 6.45) is -3.19. The zero-order chi connectivity index (χ0) is 28.1. The standard InChI is InChI=1S/C35H35NO5/c36-21-31-33(38-23-28-15-7-2-8-16-28)35(40-25-30-19-11-4-12-20-30)34(39-24-29-17-9-3-10-18-29)32(41-31)26-37-22-27-13-5-1-6-14-27/h1-20,31-35H,22-26H2/t31?,32-,33+,34+,35-/m1/s1. The highest BCUT2D eigenvalue weighted by Gasteiger charge is 2.48. The summed E-state index contributed by atoms with van der Waals surface area (Å²) in [7, 11) is 0. The monoisotopic (exact) mass is 549 g/mol. The van der Waals surface area contributed by atoms with Gasteiger partial charge in [0.15, 0.2) is 6.10 Å². The highest BCUT2D eigenvalue weighted by molar-refractivity contribution is 5.17. The van der Waals surface area contributed by atoms with Crippen LogP contribution in [0.4, 0.5) is 0 Å². The molecule has 210 valence electrons. The Morgan fingerprint density at radius 3 is 1.34 bits per heavy atom. The van der Waals surface area contributed by atoms with Gasteiger partial charge in [-0.3, -0.25) is 0 Å². The summed E-state index contributed by atoms with van der Waals surface area (Å²) in [6.45, 7) is 1.68. The average Bonchev–Trinajstić information content (AvgIpc) is 3.04. The van der Waals surface area contributed by atoms with Crippen molar-refractivity contribution in [3.63, 3.8) is 0 Å². The first kappa shape index (κ1) is 28.7. The summed E-state index contributed by atoms with van der Waals surface area (Å²) in [4.78, 5) is 0. The second-order valence-corrected chi connectivity index (χ2v) is 10.0. The number of nitrogens with zero attached hydrogens (tertiary/aromatic N) is 1. The van der Waals surface area contributed by atoms with Crippen LogP contribution in [0.2, 0.25) is 0 Å². The van der Waals surface area contributed by atoms with Crippen LogP contribution in [0, 0.1) is 11.3 Å². The van der Waals surface area contributed by atoms with Crippen molar-refractivity contribution >= 4 is 0 Å². The van der Waals surface area contributed by atoms with Crippen LogP contribution in [0.5, 0.6) is 0 Å². The summed E-state index contributed by atoms with van der Waals surface area (Å²) in [5, 5.41) is 10.2. The Labute approximate surface area is 242 Å². The fraction of sp³-hybridized carbons (Fsp3) is 0.286. The Morgan fingerprint density at radius 1 is 0.512 bits per heavy atom. The topological polar surface area (TPSA) is 69.9 Å². The van der Waals surface area contributed by atoms with Crippen LogP contribution in [-0.2, 0) is 50.1 Å². The van der Waals surface area contributed by atoms with Gasteiger partial charge in [-0.1, -0.05) is 121 Å². The molecule has 0 saturated carbocycles. The fourth-order valence-electron chi connectivity index (χ4n) is 4.89. The van der Waals surface area contributed by atoms with E-state index in [1.807, 2.05) is 121 Å². The van der Waals surface area contributed by atoms with Crippen molar-refractivity contribution in [3.8, 4) is 6.07 Å². The van der Waals surface area contributed by atoms with Crippen molar-refractivity contribution in [1.82, 2.24) is 0 Å². The van der Waals surface area contributed by atoms with Crippen molar-refractivity contribution in [2.45, 2.75) is 56.9 Å². The molecule has 0 aliphatic carbocycles. The largest absolute Gasteiger partial charge is 0.374 e. The van der Waals surface area contributed by atoms with Gasteiger partial charge in [0.05, 0.1) is 39.1 Å². The van der Waals surface area contributed by atoms with Gasteiger partial charge in [0.1, 0.15) is 24.4 Å². The Bertz CT molecular complexity index is 1330. The van der Waals surface area contributed by atoms with Gasteiger partial charge in [0.25, 0.3) is 0 Å². The first-order valence-electron chi connectivity index (χ1n) is 13.9. The van der Waals surface area contributed by atoms with E-state index >= 15 is 0 Å². The molecule has 0 amide bonds. The summed E-state index contributed by atoms with van der Waals surface area (Å²) in [5.41, 5.74) is 4.11. The van der Waals surface area contributed by atoms with Gasteiger partial charge in [-0.25, -0.2) is 0 Å². The van der Waals surface area contributed by atoms with Gasteiger partial charge in [-0.05, 0) is 22.3 Å². The van der Waals surface area contributed by atoms with Gasteiger partial charge in [-0.2, -0.15) is 5.26 Å². The molecule has 1 aliphatic heterocycles. The van der Waals surface area contributed by atoms with Crippen LogP contribution in [0.1, 0.15) is 22.3 Å². The number of hydrogen-bond donors (Lipinski definition) is 0. The molecule has 0 bridgehead atoms. The highest BCUT2D eigenvalue weighted by Crippen LogP contribution is 2.31. The van der Waals surface area contributed by atoms with E-state index in [1.54, 1.807) is 0 Å². The third kappa shape index (κ3) is 8.34. The van der Waals surface area contributed by atoms with Crippen LogP contribution in [0.3, 0.4) is 0 Å². The summed E-state index contributed by atoms with van der Waals surface area (Å²) in [6, 6.07) is 42.1. The SMILES string of the molecule is N#CC1O[C@H](COCc2ccccc2)[C@H](OCc2ccccc2)[C@H](OCc2ccccc2)[C@H]1OCc1ccccc1. The number of benzene rings is 4. The van der Waals surface area contributed by atoms with Crippen LogP contribution < -0.4 is 0 Å². The van der Waals surface area contributed by atoms with Crippen molar-refractivity contribution in [3.05, 3.63) is 144 Å². The third-order valence-corrected chi connectivity index (χ3v) is 7.01. The van der Waals surface area contributed by atoms with Crippen LogP contribution in [-0.4, -0.2) is 37.1 Å². The maximum atomic E-state index is 10.2. The van der Waals surface area contributed by atoms with E-state index < -0.39 is 30.5 Å². The van der Waals surface area contributed by atoms with E-state index in [-0.39, 0.29) is 6.61 Å². The maximum absolute atomic E-state index is 10.2. The van der Waals surface area contributed by atoms with Gasteiger partial charge in [0, 0.05) is 0 Å². The van der Waals surface area contributed by atoms with E-state index in [9.17, 15) is 5.26 Å². The normalized spacial score (nSPS) is 22.2. The van der Waals surface area contributed by atoms with Crippen molar-refractivity contribution < 1.29 is 23.7 Å². The lowest BCUT2D eigenvalue weighted by Gasteiger charge is -2.44. The molecule has 6 nitrogen and oxygen atoms in total. The smallest absolute Gasteiger partial charge is 0.173 e. The van der Waals surface area contributed by atoms with E-state index in [4.69, 9.17) is 23.7 Å². The van der Waals surface area contributed by atoms with Crippen LogP contribution >= 0.6 is 0 Å². The van der Waals surface area contributed by atoms with E-state index in [0.717, 1.165) is 22.3 Å². The van der Waals surface area contributed by atoms with Crippen LogP contribution in [0.25, 0.3) is 0 Å². The molecule has 0 N–H and O–H groups in total. The molecule has 1 saturated heterocycles. The molecule has 1 fully saturated rings. The Morgan fingerprint density at radius 2 is 0.902 bits per heavy atom. The van der Waals surface area contributed by atoms with Crippen LogP contribution in [0.15, 0.2) is 121 Å².